The van der Waals surface area contributed by atoms with E-state index in [0.29, 0.717) is 0 Å². The molecule has 1 aliphatic rings. The normalized spacial score (nSPS) is 21.8. The van der Waals surface area contributed by atoms with Gasteiger partial charge in [0.25, 0.3) is 0 Å². The maximum atomic E-state index is 10.6. The monoisotopic (exact) mass is 171 g/mol. The number of hydrogen-bond acceptors (Lipinski definition) is 3. The van der Waals surface area contributed by atoms with Crippen LogP contribution in [-0.4, -0.2) is 43.3 Å². The number of carbonyl (C=O) groups excluding carboxylic acids is 1. The summed E-state index contributed by atoms with van der Waals surface area (Å²) < 4.78 is 5.04. The molecular weight excluding hydrogens is 156 g/mol. The van der Waals surface area contributed by atoms with E-state index >= 15 is 0 Å². The molecule has 0 N–H and O–H groups in total. The first kappa shape index (κ1) is 9.48. The van der Waals surface area contributed by atoms with Crippen molar-refractivity contribution >= 4 is 5.97 Å². The molecule has 0 aliphatic carbocycles. The van der Waals surface area contributed by atoms with Crippen LogP contribution in [0.15, 0.2) is 0 Å². The molecule has 0 saturated carbocycles. The summed E-state index contributed by atoms with van der Waals surface area (Å²) in [6.45, 7) is 6.83. The van der Waals surface area contributed by atoms with Crippen molar-refractivity contribution in [3.63, 3.8) is 0 Å². The van der Waals surface area contributed by atoms with E-state index in [2.05, 4.69) is 10.2 Å². The van der Waals surface area contributed by atoms with Gasteiger partial charge in [-0.3, -0.25) is 9.69 Å². The molecule has 12 heavy (non-hydrogen) atoms. The molecule has 1 saturated heterocycles. The highest BCUT2D eigenvalue weighted by Crippen LogP contribution is 2.02. The predicted molar refractivity (Wildman–Crippen MR) is 44.7 cm³/mol. The first-order valence-electron chi connectivity index (χ1n) is 4.24. The highest BCUT2D eigenvalue weighted by Gasteiger charge is 2.18. The van der Waals surface area contributed by atoms with Gasteiger partial charge in [-0.25, -0.2) is 5.32 Å². The van der Waals surface area contributed by atoms with Gasteiger partial charge in [0.1, 0.15) is 0 Å². The van der Waals surface area contributed by atoms with Crippen molar-refractivity contribution in [2.75, 3.05) is 26.2 Å². The van der Waals surface area contributed by atoms with Crippen LogP contribution in [0.3, 0.4) is 0 Å². The molecule has 1 aliphatic heterocycles. The summed E-state index contributed by atoms with van der Waals surface area (Å²) in [5, 5.41) is 4.21. The highest BCUT2D eigenvalue weighted by atomic mass is 16.6. The van der Waals surface area contributed by atoms with Gasteiger partial charge in [-0.1, -0.05) is 0 Å². The molecule has 0 amide bonds. The summed E-state index contributed by atoms with van der Waals surface area (Å²) in [4.78, 5) is 12.7. The van der Waals surface area contributed by atoms with Crippen LogP contribution in [0.1, 0.15) is 13.8 Å². The van der Waals surface area contributed by atoms with Crippen LogP contribution >= 0.6 is 0 Å². The number of rotatable bonds is 2. The van der Waals surface area contributed by atoms with Crippen molar-refractivity contribution in [3.8, 4) is 0 Å². The molecule has 1 unspecified atom stereocenters. The van der Waals surface area contributed by atoms with Gasteiger partial charge >= 0.3 is 5.97 Å². The average molecular weight is 171 g/mol. The third-order valence-electron chi connectivity index (χ3n) is 1.94. The third-order valence-corrected chi connectivity index (χ3v) is 1.94. The molecule has 0 aromatic carbocycles. The number of ether oxygens (including phenoxy) is 1. The van der Waals surface area contributed by atoms with Crippen LogP contribution in [-0.2, 0) is 9.53 Å². The van der Waals surface area contributed by atoms with Crippen molar-refractivity contribution in [2.45, 2.75) is 20.1 Å². The van der Waals surface area contributed by atoms with Crippen molar-refractivity contribution in [2.24, 2.45) is 0 Å². The van der Waals surface area contributed by atoms with E-state index in [1.54, 1.807) is 0 Å². The van der Waals surface area contributed by atoms with E-state index in [9.17, 15) is 4.79 Å². The summed E-state index contributed by atoms with van der Waals surface area (Å²) in [6.07, 6.45) is -0.0991. The average Bonchev–Trinajstić information content (AvgIpc) is 2.05. The standard InChI is InChI=1S/C8H15N2O2/c1-7(12-8(2)11)10-5-3-9-4-6-10/h7H,3-6H2,1-2H3. The maximum Gasteiger partial charge on any atom is 0.304 e. The zero-order chi connectivity index (χ0) is 8.97. The molecule has 69 valence electrons. The largest absolute Gasteiger partial charge is 0.447 e. The molecule has 1 rings (SSSR count). The number of nitrogens with zero attached hydrogens (tertiary/aromatic N) is 2. The summed E-state index contributed by atoms with van der Waals surface area (Å²) in [6, 6.07) is 0. The Morgan fingerprint density at radius 1 is 1.50 bits per heavy atom. The molecule has 0 aromatic rings. The molecule has 1 heterocycles. The smallest absolute Gasteiger partial charge is 0.304 e. The SMILES string of the molecule is CC(=O)OC(C)N1CC[N]CC1. The molecule has 0 spiro atoms. The van der Waals surface area contributed by atoms with Crippen LogP contribution in [0.4, 0.5) is 0 Å². The molecule has 4 heteroatoms. The van der Waals surface area contributed by atoms with E-state index in [1.165, 1.54) is 6.92 Å². The fourth-order valence-corrected chi connectivity index (χ4v) is 1.30. The Hall–Kier alpha value is -0.610. The zero-order valence-electron chi connectivity index (χ0n) is 7.62. The summed E-state index contributed by atoms with van der Waals surface area (Å²) in [7, 11) is 0. The molecule has 0 aromatic heterocycles. The van der Waals surface area contributed by atoms with Crippen LogP contribution in [0.25, 0.3) is 0 Å². The van der Waals surface area contributed by atoms with Gasteiger partial charge in [-0.15, -0.1) is 0 Å². The lowest BCUT2D eigenvalue weighted by Gasteiger charge is -2.31. The zero-order valence-corrected chi connectivity index (χ0v) is 7.62. The number of carbonyl (C=O) groups is 1. The minimum Gasteiger partial charge on any atom is -0.447 e. The number of esters is 1. The van der Waals surface area contributed by atoms with Gasteiger partial charge in [-0.2, -0.15) is 0 Å². The lowest BCUT2D eigenvalue weighted by Crippen LogP contribution is -2.46. The third kappa shape index (κ3) is 2.79. The molecule has 1 radical (unpaired) electrons. The van der Waals surface area contributed by atoms with Crippen LogP contribution < -0.4 is 5.32 Å². The Kier molecular flexibility index (Phi) is 3.49. The highest BCUT2D eigenvalue weighted by molar-refractivity contribution is 5.66. The van der Waals surface area contributed by atoms with Gasteiger partial charge in [0.15, 0.2) is 6.23 Å². The van der Waals surface area contributed by atoms with Crippen molar-refractivity contribution in [1.29, 1.82) is 0 Å². The first-order chi connectivity index (χ1) is 5.70. The lowest BCUT2D eigenvalue weighted by molar-refractivity contribution is -0.155. The molecule has 1 fully saturated rings. The molecule has 1 atom stereocenters. The molecule has 4 nitrogen and oxygen atoms in total. The Morgan fingerprint density at radius 3 is 2.58 bits per heavy atom. The fraction of sp³-hybridized carbons (Fsp3) is 0.875. The van der Waals surface area contributed by atoms with E-state index in [1.807, 2.05) is 6.92 Å². The minimum atomic E-state index is -0.218. The fourth-order valence-electron chi connectivity index (χ4n) is 1.30. The van der Waals surface area contributed by atoms with Gasteiger partial charge in [-0.05, 0) is 6.92 Å². The second-order valence-corrected chi connectivity index (χ2v) is 2.92. The van der Waals surface area contributed by atoms with Gasteiger partial charge < -0.3 is 4.74 Å². The van der Waals surface area contributed by atoms with Gasteiger partial charge in [0.05, 0.1) is 0 Å². The second kappa shape index (κ2) is 4.42. The van der Waals surface area contributed by atoms with Crippen molar-refractivity contribution in [3.05, 3.63) is 0 Å². The van der Waals surface area contributed by atoms with E-state index < -0.39 is 0 Å². The van der Waals surface area contributed by atoms with Crippen LogP contribution in [0.5, 0.6) is 0 Å². The van der Waals surface area contributed by atoms with Crippen LogP contribution in [0.2, 0.25) is 0 Å². The van der Waals surface area contributed by atoms with Crippen molar-refractivity contribution in [1.82, 2.24) is 10.2 Å². The van der Waals surface area contributed by atoms with Gasteiger partial charge in [0, 0.05) is 33.1 Å². The topological polar surface area (TPSA) is 43.6 Å². The Bertz CT molecular complexity index is 155. The number of piperazine rings is 1. The lowest BCUT2D eigenvalue weighted by atomic mass is 10.3. The van der Waals surface area contributed by atoms with Gasteiger partial charge in [0.2, 0.25) is 0 Å². The summed E-state index contributed by atoms with van der Waals surface area (Å²) in [5.41, 5.74) is 0. The van der Waals surface area contributed by atoms with Crippen LogP contribution in [0, 0.1) is 0 Å². The number of hydrogen-bond donors (Lipinski definition) is 0. The Labute approximate surface area is 72.9 Å². The quantitative estimate of drug-likeness (QED) is 0.541. The van der Waals surface area contributed by atoms with E-state index in [4.69, 9.17) is 4.74 Å². The Morgan fingerprint density at radius 2 is 2.08 bits per heavy atom. The molecular formula is C8H15N2O2. The van der Waals surface area contributed by atoms with E-state index in [-0.39, 0.29) is 12.2 Å². The summed E-state index contributed by atoms with van der Waals surface area (Å²) >= 11 is 0. The second-order valence-electron chi connectivity index (χ2n) is 2.92. The molecule has 0 bridgehead atoms. The minimum absolute atomic E-state index is 0.0991. The predicted octanol–water partition coefficient (Wildman–Crippen LogP) is -0.185. The Balaban J connectivity index is 2.29. The first-order valence-corrected chi connectivity index (χ1v) is 4.24. The maximum absolute atomic E-state index is 10.6. The van der Waals surface area contributed by atoms with Crippen molar-refractivity contribution < 1.29 is 9.53 Å². The summed E-state index contributed by atoms with van der Waals surface area (Å²) in [5.74, 6) is -0.218. The van der Waals surface area contributed by atoms with E-state index in [0.717, 1.165) is 26.2 Å².